The molecule has 1 aromatic rings. The molecule has 8 nitrogen and oxygen atoms in total. The molecular weight excluding hydrogens is 422 g/mol. The average molecular weight is 452 g/mol. The summed E-state index contributed by atoms with van der Waals surface area (Å²) in [4.78, 5) is 36.1. The minimum Gasteiger partial charge on any atom is -0.394 e. The monoisotopic (exact) mass is 451 g/mol. The molecule has 1 atom stereocenters. The summed E-state index contributed by atoms with van der Waals surface area (Å²) in [7, 11) is 1.84. The predicted octanol–water partition coefficient (Wildman–Crippen LogP) is 2.89. The van der Waals surface area contributed by atoms with E-state index in [0.717, 1.165) is 5.56 Å². The van der Waals surface area contributed by atoms with Crippen LogP contribution >= 0.6 is 11.9 Å². The van der Waals surface area contributed by atoms with Gasteiger partial charge in [0.25, 0.3) is 5.91 Å². The molecule has 0 aromatic heterocycles. The Kier molecular flexibility index (Phi) is 11.6. The van der Waals surface area contributed by atoms with Crippen molar-refractivity contribution in [2.24, 2.45) is 0 Å². The van der Waals surface area contributed by atoms with Crippen LogP contribution in [0.2, 0.25) is 0 Å². The first-order chi connectivity index (χ1) is 14.7. The number of benzene rings is 1. The summed E-state index contributed by atoms with van der Waals surface area (Å²) in [6.45, 7) is 7.70. The van der Waals surface area contributed by atoms with Gasteiger partial charge in [-0.3, -0.25) is 9.59 Å². The Morgan fingerprint density at radius 3 is 2.65 bits per heavy atom. The van der Waals surface area contributed by atoms with E-state index in [0.29, 0.717) is 37.1 Å². The van der Waals surface area contributed by atoms with Crippen LogP contribution in [0.15, 0.2) is 42.6 Å². The Labute approximate surface area is 188 Å². The number of hydrogen-bond donors (Lipinski definition) is 2. The van der Waals surface area contributed by atoms with Gasteiger partial charge in [0.15, 0.2) is 6.04 Å². The van der Waals surface area contributed by atoms with Gasteiger partial charge in [-0.05, 0) is 37.5 Å². The number of nitrogens with zero attached hydrogens (tertiary/aromatic N) is 2. The molecule has 0 aliphatic heterocycles. The Morgan fingerprint density at radius 1 is 1.35 bits per heavy atom. The highest BCUT2D eigenvalue weighted by Gasteiger charge is 2.22. The lowest BCUT2D eigenvalue weighted by Gasteiger charge is -2.31. The fourth-order valence-corrected chi connectivity index (χ4v) is 2.90. The topological polar surface area (TPSA) is 99.2 Å². The van der Waals surface area contributed by atoms with Crippen molar-refractivity contribution in [3.63, 3.8) is 0 Å². The standard InChI is InChI=1S/C22H30ClN3O5/c1-5-25(4)26(16(2)3)20(28)13-8-6-7-10-17-11-9-12-18(14-17)21(29)24-19(15-27)22(30)31-23/h7,9-12,14,19,27H,2,5-6,8,13,15H2,1,3-4H3,(H,24,29). The van der Waals surface area contributed by atoms with E-state index >= 15 is 0 Å². The molecule has 2 N–H and O–H groups in total. The first-order valence-corrected chi connectivity index (χ1v) is 10.3. The third-order valence-electron chi connectivity index (χ3n) is 4.47. The normalized spacial score (nSPS) is 11.9. The summed E-state index contributed by atoms with van der Waals surface area (Å²) in [5.74, 6) is -1.49. The van der Waals surface area contributed by atoms with Crippen molar-refractivity contribution in [1.29, 1.82) is 0 Å². The number of aliphatic hydroxyl groups is 1. The molecule has 0 fully saturated rings. The van der Waals surface area contributed by atoms with Crippen molar-refractivity contribution < 1.29 is 23.8 Å². The Hall–Kier alpha value is -2.68. The SMILES string of the molecule is C=C(C)N(C(=O)CCCC=Cc1cccc(C(=O)NC(CO)C(=O)OCl)c1)N(C)CC. The maximum absolute atomic E-state index is 12.4. The van der Waals surface area contributed by atoms with Crippen LogP contribution in [0.3, 0.4) is 0 Å². The maximum atomic E-state index is 12.4. The van der Waals surface area contributed by atoms with Gasteiger partial charge in [-0.2, -0.15) is 0 Å². The van der Waals surface area contributed by atoms with Crippen LogP contribution in [0, 0.1) is 0 Å². The predicted molar refractivity (Wildman–Crippen MR) is 120 cm³/mol. The minimum absolute atomic E-state index is 0.00201. The van der Waals surface area contributed by atoms with Crippen molar-refractivity contribution in [1.82, 2.24) is 15.3 Å². The second-order valence-electron chi connectivity index (χ2n) is 6.94. The van der Waals surface area contributed by atoms with E-state index in [-0.39, 0.29) is 5.91 Å². The van der Waals surface area contributed by atoms with Crippen molar-refractivity contribution in [2.45, 2.75) is 39.2 Å². The van der Waals surface area contributed by atoms with E-state index in [2.05, 4.69) is 16.2 Å². The molecule has 0 radical (unpaired) electrons. The van der Waals surface area contributed by atoms with Crippen LogP contribution in [0.5, 0.6) is 0 Å². The molecule has 1 aromatic carbocycles. The third kappa shape index (κ3) is 8.53. The molecular formula is C22H30ClN3O5. The lowest BCUT2D eigenvalue weighted by molar-refractivity contribution is -0.142. The first kappa shape index (κ1) is 26.4. The van der Waals surface area contributed by atoms with Gasteiger partial charge in [-0.1, -0.05) is 37.8 Å². The Morgan fingerprint density at radius 2 is 2.06 bits per heavy atom. The number of carbonyl (C=O) groups excluding carboxylic acids is 3. The molecule has 0 saturated carbocycles. The number of hydrogen-bond acceptors (Lipinski definition) is 6. The molecule has 9 heteroatoms. The molecule has 1 unspecified atom stereocenters. The van der Waals surface area contributed by atoms with Gasteiger partial charge < -0.3 is 14.7 Å². The maximum Gasteiger partial charge on any atom is 0.349 e. The fraction of sp³-hybridized carbons (Fsp3) is 0.409. The van der Waals surface area contributed by atoms with E-state index in [9.17, 15) is 19.5 Å². The molecule has 31 heavy (non-hydrogen) atoms. The van der Waals surface area contributed by atoms with Gasteiger partial charge >= 0.3 is 5.97 Å². The number of allylic oxidation sites excluding steroid dienone is 2. The number of hydrazine groups is 1. The van der Waals surface area contributed by atoms with Crippen molar-refractivity contribution in [3.8, 4) is 0 Å². The van der Waals surface area contributed by atoms with Crippen LogP contribution in [0.25, 0.3) is 6.08 Å². The number of rotatable bonds is 12. The summed E-state index contributed by atoms with van der Waals surface area (Å²) in [5, 5.41) is 14.9. The Bertz CT molecular complexity index is 812. The summed E-state index contributed by atoms with van der Waals surface area (Å²) in [6, 6.07) is 5.52. The van der Waals surface area contributed by atoms with Crippen LogP contribution < -0.4 is 5.32 Å². The molecule has 0 saturated heterocycles. The number of nitrogens with one attached hydrogen (secondary N) is 1. The smallest absolute Gasteiger partial charge is 0.349 e. The molecule has 2 amide bonds. The van der Waals surface area contributed by atoms with Crippen LogP contribution in [-0.2, 0) is 13.9 Å². The van der Waals surface area contributed by atoms with Crippen molar-refractivity contribution in [2.75, 3.05) is 20.2 Å². The van der Waals surface area contributed by atoms with E-state index < -0.39 is 24.5 Å². The number of carbonyl (C=O) groups is 3. The van der Waals surface area contributed by atoms with E-state index in [1.807, 2.05) is 37.2 Å². The summed E-state index contributed by atoms with van der Waals surface area (Å²) in [6.07, 6.45) is 5.54. The average Bonchev–Trinajstić information content (AvgIpc) is 2.76. The second-order valence-corrected chi connectivity index (χ2v) is 7.09. The lowest BCUT2D eigenvalue weighted by Crippen LogP contribution is -2.43. The van der Waals surface area contributed by atoms with Crippen molar-refractivity contribution >= 4 is 35.7 Å². The highest BCUT2D eigenvalue weighted by Crippen LogP contribution is 2.12. The fourth-order valence-electron chi connectivity index (χ4n) is 2.79. The van der Waals surface area contributed by atoms with Crippen LogP contribution in [0.4, 0.5) is 0 Å². The summed E-state index contributed by atoms with van der Waals surface area (Å²) in [5.41, 5.74) is 1.79. The molecule has 0 heterocycles. The van der Waals surface area contributed by atoms with E-state index in [4.69, 9.17) is 11.9 Å². The number of halogens is 1. The summed E-state index contributed by atoms with van der Waals surface area (Å²) < 4.78 is 4.02. The zero-order valence-corrected chi connectivity index (χ0v) is 18.9. The van der Waals surface area contributed by atoms with E-state index in [1.165, 1.54) is 0 Å². The van der Waals surface area contributed by atoms with Gasteiger partial charge in [0, 0.05) is 31.3 Å². The molecule has 1 rings (SSSR count). The van der Waals surface area contributed by atoms with E-state index in [1.54, 1.807) is 30.1 Å². The largest absolute Gasteiger partial charge is 0.394 e. The van der Waals surface area contributed by atoms with Gasteiger partial charge in [0.1, 0.15) is 11.9 Å². The zero-order valence-electron chi connectivity index (χ0n) is 18.1. The van der Waals surface area contributed by atoms with Crippen molar-refractivity contribution in [3.05, 3.63) is 53.7 Å². The highest BCUT2D eigenvalue weighted by molar-refractivity contribution is 6.14. The van der Waals surface area contributed by atoms with Gasteiger partial charge in [-0.15, -0.1) is 0 Å². The lowest BCUT2D eigenvalue weighted by atomic mass is 10.1. The van der Waals surface area contributed by atoms with Gasteiger partial charge in [-0.25, -0.2) is 14.8 Å². The molecule has 0 aliphatic carbocycles. The van der Waals surface area contributed by atoms with Gasteiger partial charge in [0.2, 0.25) is 5.91 Å². The Balaban J connectivity index is 2.63. The zero-order chi connectivity index (χ0) is 23.4. The molecule has 0 bridgehead atoms. The quantitative estimate of drug-likeness (QED) is 0.374. The first-order valence-electron chi connectivity index (χ1n) is 9.95. The van der Waals surface area contributed by atoms with Crippen LogP contribution in [-0.4, -0.2) is 59.1 Å². The highest BCUT2D eigenvalue weighted by atomic mass is 35.5. The third-order valence-corrected chi connectivity index (χ3v) is 4.62. The summed E-state index contributed by atoms with van der Waals surface area (Å²) >= 11 is 4.99. The molecule has 0 spiro atoms. The van der Waals surface area contributed by atoms with Gasteiger partial charge in [0.05, 0.1) is 6.61 Å². The molecule has 0 aliphatic rings. The molecule has 170 valence electrons. The van der Waals surface area contributed by atoms with Crippen LogP contribution in [0.1, 0.15) is 49.0 Å². The number of amides is 2. The number of aliphatic hydroxyl groups excluding tert-OH is 1. The minimum atomic E-state index is -1.24. The second kappa shape index (κ2) is 13.6. The number of unbranched alkanes of at least 4 members (excludes halogenated alkanes) is 1.